The summed E-state index contributed by atoms with van der Waals surface area (Å²) in [5, 5.41) is 6.52. The summed E-state index contributed by atoms with van der Waals surface area (Å²) in [4.78, 5) is 31.9. The summed E-state index contributed by atoms with van der Waals surface area (Å²) in [6.45, 7) is 0.467. The minimum atomic E-state index is -0.204. The second kappa shape index (κ2) is 8.87. The number of rotatable bonds is 6. The van der Waals surface area contributed by atoms with Gasteiger partial charge in [0.15, 0.2) is 0 Å². The number of carbonyl (C=O) groups is 2. The van der Waals surface area contributed by atoms with Crippen molar-refractivity contribution in [3.05, 3.63) is 102 Å². The molecule has 30 heavy (non-hydrogen) atoms. The Balaban J connectivity index is 1.45. The maximum absolute atomic E-state index is 12.4. The van der Waals surface area contributed by atoms with Gasteiger partial charge in [0.2, 0.25) is 5.91 Å². The molecule has 0 unspecified atom stereocenters. The lowest BCUT2D eigenvalue weighted by molar-refractivity contribution is -0.116. The van der Waals surface area contributed by atoms with Gasteiger partial charge in [-0.05, 0) is 29.8 Å². The van der Waals surface area contributed by atoms with Gasteiger partial charge in [0.25, 0.3) is 5.91 Å². The van der Waals surface area contributed by atoms with Gasteiger partial charge in [0.05, 0.1) is 11.9 Å². The normalized spacial score (nSPS) is 10.9. The smallest absolute Gasteiger partial charge is 0.255 e. The van der Waals surface area contributed by atoms with Crippen molar-refractivity contribution in [3.63, 3.8) is 0 Å². The number of hydrogen-bond donors (Lipinski definition) is 3. The number of aromatic amines is 1. The highest BCUT2D eigenvalue weighted by Gasteiger charge is 2.08. The lowest BCUT2D eigenvalue weighted by Crippen LogP contribution is -2.20. The number of anilines is 1. The molecule has 6 heteroatoms. The van der Waals surface area contributed by atoms with E-state index in [4.69, 9.17) is 0 Å². The van der Waals surface area contributed by atoms with Crippen molar-refractivity contribution in [3.8, 4) is 0 Å². The Bertz CT molecular complexity index is 1200. The lowest BCUT2D eigenvalue weighted by atomic mass is 10.2. The predicted molar refractivity (Wildman–Crippen MR) is 118 cm³/mol. The summed E-state index contributed by atoms with van der Waals surface area (Å²) in [5.74, 6) is -0.389. The first kappa shape index (κ1) is 19.1. The molecule has 0 fully saturated rings. The molecule has 0 radical (unpaired) electrons. The summed E-state index contributed by atoms with van der Waals surface area (Å²) < 4.78 is 0. The molecule has 0 aliphatic carbocycles. The van der Waals surface area contributed by atoms with Gasteiger partial charge in [-0.25, -0.2) is 4.98 Å². The van der Waals surface area contributed by atoms with Crippen molar-refractivity contribution in [1.29, 1.82) is 0 Å². The standard InChI is InChI=1S/C24H20N4O2/c29-22(25-14-17-7-3-1-4-8-17)12-11-19-15-26-23-21(19)13-20(16-27-23)28-24(30)18-9-5-2-6-10-18/h1-13,15-16H,14H2,(H,25,29)(H,26,27)(H,28,30). The second-order valence-corrected chi connectivity index (χ2v) is 6.72. The van der Waals surface area contributed by atoms with Crippen LogP contribution >= 0.6 is 0 Å². The van der Waals surface area contributed by atoms with Crippen molar-refractivity contribution in [1.82, 2.24) is 15.3 Å². The molecular formula is C24H20N4O2. The first-order chi connectivity index (χ1) is 14.7. The number of nitrogens with zero attached hydrogens (tertiary/aromatic N) is 1. The zero-order valence-electron chi connectivity index (χ0n) is 16.1. The highest BCUT2D eigenvalue weighted by Crippen LogP contribution is 2.21. The van der Waals surface area contributed by atoms with E-state index in [1.54, 1.807) is 30.6 Å². The highest BCUT2D eigenvalue weighted by atomic mass is 16.2. The van der Waals surface area contributed by atoms with Gasteiger partial charge in [-0.2, -0.15) is 0 Å². The van der Waals surface area contributed by atoms with Crippen LogP contribution in [0, 0.1) is 0 Å². The van der Waals surface area contributed by atoms with Crippen LogP contribution in [0.3, 0.4) is 0 Å². The quantitative estimate of drug-likeness (QED) is 0.428. The van der Waals surface area contributed by atoms with E-state index in [1.165, 1.54) is 6.08 Å². The van der Waals surface area contributed by atoms with Crippen LogP contribution in [0.1, 0.15) is 21.5 Å². The van der Waals surface area contributed by atoms with Crippen molar-refractivity contribution in [2.24, 2.45) is 0 Å². The van der Waals surface area contributed by atoms with E-state index in [-0.39, 0.29) is 11.8 Å². The molecule has 2 amide bonds. The summed E-state index contributed by atoms with van der Waals surface area (Å²) in [5.41, 5.74) is 3.68. The van der Waals surface area contributed by atoms with Gasteiger partial charge < -0.3 is 15.6 Å². The molecule has 0 aliphatic rings. The van der Waals surface area contributed by atoms with Crippen LogP contribution in [0.5, 0.6) is 0 Å². The van der Waals surface area contributed by atoms with Crippen molar-refractivity contribution >= 4 is 34.6 Å². The number of aromatic nitrogens is 2. The van der Waals surface area contributed by atoms with Crippen LogP contribution in [0.15, 0.2) is 85.2 Å². The first-order valence-electron chi connectivity index (χ1n) is 9.52. The summed E-state index contributed by atoms with van der Waals surface area (Å²) >= 11 is 0. The van der Waals surface area contributed by atoms with E-state index in [9.17, 15) is 9.59 Å². The molecule has 0 bridgehead atoms. The summed E-state index contributed by atoms with van der Waals surface area (Å²) in [6, 6.07) is 20.5. The van der Waals surface area contributed by atoms with Gasteiger partial charge >= 0.3 is 0 Å². The Kier molecular flexibility index (Phi) is 5.66. The molecule has 0 atom stereocenters. The van der Waals surface area contributed by atoms with Gasteiger partial charge in [-0.15, -0.1) is 0 Å². The van der Waals surface area contributed by atoms with Crippen LogP contribution in [0.4, 0.5) is 5.69 Å². The number of amides is 2. The van der Waals surface area contributed by atoms with Crippen LogP contribution in [-0.4, -0.2) is 21.8 Å². The van der Waals surface area contributed by atoms with Crippen LogP contribution < -0.4 is 10.6 Å². The third-order valence-corrected chi connectivity index (χ3v) is 4.58. The lowest BCUT2D eigenvalue weighted by Gasteiger charge is -2.05. The largest absolute Gasteiger partial charge is 0.348 e. The number of hydrogen-bond acceptors (Lipinski definition) is 3. The predicted octanol–water partition coefficient (Wildman–Crippen LogP) is 4.14. The number of carbonyl (C=O) groups excluding carboxylic acids is 2. The maximum atomic E-state index is 12.4. The van der Waals surface area contributed by atoms with Gasteiger partial charge in [0, 0.05) is 35.3 Å². The average Bonchev–Trinajstić information content (AvgIpc) is 3.20. The SMILES string of the molecule is O=C(C=Cc1c[nH]c2ncc(NC(=O)c3ccccc3)cc12)NCc1ccccc1. The fourth-order valence-electron chi connectivity index (χ4n) is 3.03. The zero-order chi connectivity index (χ0) is 20.8. The van der Waals surface area contributed by atoms with Gasteiger partial charge in [0.1, 0.15) is 5.65 Å². The molecule has 3 N–H and O–H groups in total. The van der Waals surface area contributed by atoms with E-state index in [0.29, 0.717) is 23.4 Å². The number of pyridine rings is 1. The third kappa shape index (κ3) is 4.62. The molecule has 0 saturated heterocycles. The zero-order valence-corrected chi connectivity index (χ0v) is 16.1. The number of fused-ring (bicyclic) bond motifs is 1. The van der Waals surface area contributed by atoms with E-state index in [2.05, 4.69) is 20.6 Å². The van der Waals surface area contributed by atoms with Crippen molar-refractivity contribution in [2.45, 2.75) is 6.54 Å². The average molecular weight is 396 g/mol. The molecule has 0 saturated carbocycles. The minimum absolute atomic E-state index is 0.185. The molecule has 2 aromatic carbocycles. The van der Waals surface area contributed by atoms with Crippen molar-refractivity contribution in [2.75, 3.05) is 5.32 Å². The molecule has 4 aromatic rings. The van der Waals surface area contributed by atoms with E-state index >= 15 is 0 Å². The van der Waals surface area contributed by atoms with Crippen LogP contribution in [0.2, 0.25) is 0 Å². The fraction of sp³-hybridized carbons (Fsp3) is 0.0417. The Morgan fingerprint density at radius 1 is 1.00 bits per heavy atom. The first-order valence-corrected chi connectivity index (χ1v) is 9.52. The minimum Gasteiger partial charge on any atom is -0.348 e. The van der Waals surface area contributed by atoms with Crippen molar-refractivity contribution < 1.29 is 9.59 Å². The number of H-pyrrole nitrogens is 1. The van der Waals surface area contributed by atoms with Gasteiger partial charge in [-0.1, -0.05) is 48.5 Å². The second-order valence-electron chi connectivity index (χ2n) is 6.72. The summed E-state index contributed by atoms with van der Waals surface area (Å²) in [7, 11) is 0. The number of benzene rings is 2. The van der Waals surface area contributed by atoms with E-state index in [0.717, 1.165) is 16.5 Å². The number of nitrogens with one attached hydrogen (secondary N) is 3. The molecule has 0 spiro atoms. The third-order valence-electron chi connectivity index (χ3n) is 4.58. The molecular weight excluding hydrogens is 376 g/mol. The monoisotopic (exact) mass is 396 g/mol. The maximum Gasteiger partial charge on any atom is 0.255 e. The molecule has 0 aliphatic heterocycles. The van der Waals surface area contributed by atoms with Crippen LogP contribution in [0.25, 0.3) is 17.1 Å². The fourth-order valence-corrected chi connectivity index (χ4v) is 3.03. The Morgan fingerprint density at radius 3 is 2.50 bits per heavy atom. The molecule has 6 nitrogen and oxygen atoms in total. The molecule has 148 valence electrons. The van der Waals surface area contributed by atoms with Gasteiger partial charge in [-0.3, -0.25) is 9.59 Å². The highest BCUT2D eigenvalue weighted by molar-refractivity contribution is 6.05. The molecule has 4 rings (SSSR count). The Labute approximate surface area is 173 Å². The Morgan fingerprint density at radius 2 is 1.73 bits per heavy atom. The topological polar surface area (TPSA) is 86.9 Å². The molecule has 2 aromatic heterocycles. The van der Waals surface area contributed by atoms with Crippen LogP contribution in [-0.2, 0) is 11.3 Å². The Hall–Kier alpha value is -4.19. The van der Waals surface area contributed by atoms with E-state index < -0.39 is 0 Å². The summed E-state index contributed by atoms with van der Waals surface area (Å²) in [6.07, 6.45) is 6.59. The van der Waals surface area contributed by atoms with E-state index in [1.807, 2.05) is 54.6 Å². The molecule has 2 heterocycles.